The number of aryl methyl sites for hydroxylation is 2. The molecule has 7 heteroatoms. The number of nitrogens with zero attached hydrogens (tertiary/aromatic N) is 2. The Morgan fingerprint density at radius 1 is 1.22 bits per heavy atom. The second kappa shape index (κ2) is 8.52. The van der Waals surface area contributed by atoms with Crippen LogP contribution in [0.3, 0.4) is 0 Å². The first-order valence-electron chi connectivity index (χ1n) is 8.36. The highest BCUT2D eigenvalue weighted by Crippen LogP contribution is 2.37. The molecule has 0 saturated carbocycles. The summed E-state index contributed by atoms with van der Waals surface area (Å²) in [5, 5.41) is 11.0. The molecule has 0 spiro atoms. The SMILES string of the molecule is CCN1C(=O)/C(=C\c2cc(I)cc(I)c2O)SC1=Nc1c(C)cccc1C. The fourth-order valence-corrected chi connectivity index (χ4v) is 5.71. The van der Waals surface area contributed by atoms with Crippen molar-refractivity contribution in [3.05, 3.63) is 59.1 Å². The maximum Gasteiger partial charge on any atom is 0.266 e. The summed E-state index contributed by atoms with van der Waals surface area (Å²) in [6.45, 7) is 6.52. The van der Waals surface area contributed by atoms with Gasteiger partial charge >= 0.3 is 0 Å². The van der Waals surface area contributed by atoms with Crippen LogP contribution in [0.15, 0.2) is 40.2 Å². The highest BCUT2D eigenvalue weighted by Gasteiger charge is 2.32. The number of hydrogen-bond acceptors (Lipinski definition) is 4. The Bertz CT molecular complexity index is 966. The van der Waals surface area contributed by atoms with Crippen LogP contribution in [0, 0.1) is 21.0 Å². The Balaban J connectivity index is 2.04. The fraction of sp³-hybridized carbons (Fsp3) is 0.200. The van der Waals surface area contributed by atoms with Gasteiger partial charge in [-0.25, -0.2) is 4.99 Å². The molecule has 27 heavy (non-hydrogen) atoms. The molecule has 1 fully saturated rings. The zero-order valence-electron chi connectivity index (χ0n) is 15.1. The number of hydrogen-bond donors (Lipinski definition) is 1. The lowest BCUT2D eigenvalue weighted by Crippen LogP contribution is -2.28. The molecule has 1 saturated heterocycles. The van der Waals surface area contributed by atoms with E-state index in [2.05, 4.69) is 45.2 Å². The van der Waals surface area contributed by atoms with Gasteiger partial charge in [0.1, 0.15) is 5.75 Å². The third kappa shape index (κ3) is 4.34. The van der Waals surface area contributed by atoms with Crippen LogP contribution in [-0.2, 0) is 4.79 Å². The minimum atomic E-state index is -0.0826. The number of halogens is 2. The molecule has 3 rings (SSSR count). The van der Waals surface area contributed by atoms with E-state index in [1.807, 2.05) is 51.1 Å². The smallest absolute Gasteiger partial charge is 0.266 e. The van der Waals surface area contributed by atoms with Crippen LogP contribution >= 0.6 is 56.9 Å². The summed E-state index contributed by atoms with van der Waals surface area (Å²) in [5.74, 6) is 0.112. The number of benzene rings is 2. The van der Waals surface area contributed by atoms with E-state index in [1.165, 1.54) is 11.8 Å². The standard InChI is InChI=1S/C20H18I2N2O2S/c1-4-24-19(26)16(9-13-8-14(21)10-15(22)18(13)25)27-20(24)23-17-11(2)6-5-7-12(17)3/h5-10,25H,4H2,1-3H3/b16-9+,23-20?. The van der Waals surface area contributed by atoms with E-state index >= 15 is 0 Å². The van der Waals surface area contributed by atoms with E-state index in [9.17, 15) is 9.90 Å². The van der Waals surface area contributed by atoms with Gasteiger partial charge in [-0.3, -0.25) is 9.69 Å². The van der Waals surface area contributed by atoms with Gasteiger partial charge in [-0.05, 0) is 107 Å². The monoisotopic (exact) mass is 604 g/mol. The Labute approximate surface area is 190 Å². The van der Waals surface area contributed by atoms with Gasteiger partial charge in [0.15, 0.2) is 5.17 Å². The fourth-order valence-electron chi connectivity index (χ4n) is 2.79. The van der Waals surface area contributed by atoms with Crippen molar-refractivity contribution in [2.45, 2.75) is 20.8 Å². The summed E-state index contributed by atoms with van der Waals surface area (Å²) in [4.78, 5) is 19.9. The number of phenolic OH excluding ortho intramolecular Hbond substituents is 1. The third-order valence-corrected chi connectivity index (χ3v) is 6.65. The quantitative estimate of drug-likeness (QED) is 0.354. The highest BCUT2D eigenvalue weighted by atomic mass is 127. The zero-order valence-corrected chi connectivity index (χ0v) is 20.2. The number of aliphatic imine (C=N–C) groups is 1. The molecule has 2 aromatic rings. The summed E-state index contributed by atoms with van der Waals surface area (Å²) in [5.41, 5.74) is 3.70. The Morgan fingerprint density at radius 3 is 2.52 bits per heavy atom. The number of aromatic hydroxyl groups is 1. The summed E-state index contributed by atoms with van der Waals surface area (Å²) in [6, 6.07) is 9.81. The molecule has 1 aliphatic rings. The second-order valence-corrected chi connectivity index (χ2v) is 9.54. The van der Waals surface area contributed by atoms with Crippen molar-refractivity contribution < 1.29 is 9.90 Å². The van der Waals surface area contributed by atoms with E-state index in [-0.39, 0.29) is 11.7 Å². The third-order valence-electron chi connectivity index (χ3n) is 4.20. The van der Waals surface area contributed by atoms with E-state index in [0.717, 1.165) is 24.0 Å². The van der Waals surface area contributed by atoms with Gasteiger partial charge in [-0.1, -0.05) is 18.2 Å². The van der Waals surface area contributed by atoms with E-state index in [0.29, 0.717) is 22.2 Å². The van der Waals surface area contributed by atoms with Crippen molar-refractivity contribution in [3.8, 4) is 5.75 Å². The molecular weight excluding hydrogens is 586 g/mol. The molecule has 1 N–H and O–H groups in total. The number of amides is 1. The molecule has 0 aromatic heterocycles. The number of phenols is 1. The summed E-state index contributed by atoms with van der Waals surface area (Å²) in [7, 11) is 0. The Morgan fingerprint density at radius 2 is 1.89 bits per heavy atom. The lowest BCUT2D eigenvalue weighted by atomic mass is 10.1. The molecule has 4 nitrogen and oxygen atoms in total. The van der Waals surface area contributed by atoms with E-state index in [1.54, 1.807) is 11.0 Å². The van der Waals surface area contributed by atoms with Crippen molar-refractivity contribution in [1.29, 1.82) is 0 Å². The number of rotatable bonds is 3. The second-order valence-electron chi connectivity index (χ2n) is 6.12. The van der Waals surface area contributed by atoms with Crippen molar-refractivity contribution >= 4 is 79.8 Å². The van der Waals surface area contributed by atoms with E-state index in [4.69, 9.17) is 4.99 Å². The van der Waals surface area contributed by atoms with Gasteiger partial charge in [0.05, 0.1) is 14.2 Å². The first kappa shape index (κ1) is 20.7. The summed E-state index contributed by atoms with van der Waals surface area (Å²) in [6.07, 6.45) is 1.75. The van der Waals surface area contributed by atoms with Crippen LogP contribution in [0.4, 0.5) is 5.69 Å². The van der Waals surface area contributed by atoms with Gasteiger partial charge in [-0.15, -0.1) is 0 Å². The molecule has 140 valence electrons. The topological polar surface area (TPSA) is 52.9 Å². The number of likely N-dealkylation sites (N-methyl/N-ethyl adjacent to an activating group) is 1. The maximum atomic E-state index is 12.9. The van der Waals surface area contributed by atoms with Gasteiger partial charge < -0.3 is 5.11 Å². The number of thioether (sulfide) groups is 1. The van der Waals surface area contributed by atoms with Crippen molar-refractivity contribution in [1.82, 2.24) is 4.90 Å². The lowest BCUT2D eigenvalue weighted by molar-refractivity contribution is -0.122. The first-order chi connectivity index (χ1) is 12.8. The van der Waals surface area contributed by atoms with Crippen molar-refractivity contribution in [2.24, 2.45) is 4.99 Å². The Kier molecular flexibility index (Phi) is 6.52. The predicted octanol–water partition coefficient (Wildman–Crippen LogP) is 5.84. The van der Waals surface area contributed by atoms with Crippen LogP contribution in [0.1, 0.15) is 23.6 Å². The molecule has 1 amide bonds. The predicted molar refractivity (Wildman–Crippen MR) is 130 cm³/mol. The molecule has 1 aliphatic heterocycles. The normalized spacial score (nSPS) is 17.4. The van der Waals surface area contributed by atoms with Gasteiger partial charge in [0, 0.05) is 15.7 Å². The molecule has 0 unspecified atom stereocenters. The molecule has 2 aromatic carbocycles. The van der Waals surface area contributed by atoms with Crippen LogP contribution in [0.25, 0.3) is 6.08 Å². The largest absolute Gasteiger partial charge is 0.506 e. The lowest BCUT2D eigenvalue weighted by Gasteiger charge is -2.13. The van der Waals surface area contributed by atoms with Gasteiger partial charge in [-0.2, -0.15) is 0 Å². The number of para-hydroxylation sites is 1. The van der Waals surface area contributed by atoms with Crippen molar-refractivity contribution in [2.75, 3.05) is 6.54 Å². The molecule has 0 radical (unpaired) electrons. The Hall–Kier alpha value is -1.07. The van der Waals surface area contributed by atoms with Gasteiger partial charge in [0.25, 0.3) is 5.91 Å². The number of carbonyl (C=O) groups excluding carboxylic acids is 1. The molecule has 0 aliphatic carbocycles. The molecular formula is C20H18I2N2O2S. The van der Waals surface area contributed by atoms with Crippen LogP contribution in [-0.4, -0.2) is 27.6 Å². The number of carbonyl (C=O) groups is 1. The van der Waals surface area contributed by atoms with E-state index < -0.39 is 0 Å². The van der Waals surface area contributed by atoms with Crippen LogP contribution in [0.2, 0.25) is 0 Å². The van der Waals surface area contributed by atoms with Crippen molar-refractivity contribution in [3.63, 3.8) is 0 Å². The minimum Gasteiger partial charge on any atom is -0.506 e. The number of amidine groups is 1. The van der Waals surface area contributed by atoms with Gasteiger partial charge in [0.2, 0.25) is 0 Å². The maximum absolute atomic E-state index is 12.9. The molecule has 1 heterocycles. The van der Waals surface area contributed by atoms with Crippen LogP contribution < -0.4 is 0 Å². The average molecular weight is 604 g/mol. The average Bonchev–Trinajstić information content (AvgIpc) is 2.90. The summed E-state index contributed by atoms with van der Waals surface area (Å²) >= 11 is 5.65. The molecule has 0 atom stereocenters. The first-order valence-corrected chi connectivity index (χ1v) is 11.3. The highest BCUT2D eigenvalue weighted by molar-refractivity contribution is 14.1. The minimum absolute atomic E-state index is 0.0826. The van der Waals surface area contributed by atoms with Crippen LogP contribution in [0.5, 0.6) is 5.75 Å². The zero-order chi connectivity index (χ0) is 19.7. The summed E-state index contributed by atoms with van der Waals surface area (Å²) < 4.78 is 1.77. The molecule has 0 bridgehead atoms.